The molecule has 0 amide bonds. The second-order valence-corrected chi connectivity index (χ2v) is 10.7. The van der Waals surface area contributed by atoms with Crippen LogP contribution in [0.2, 0.25) is 0 Å². The van der Waals surface area contributed by atoms with Gasteiger partial charge in [-0.2, -0.15) is 0 Å². The average Bonchev–Trinajstić information content (AvgIpc) is 2.72. The molecule has 0 aromatic carbocycles. The van der Waals surface area contributed by atoms with E-state index in [4.69, 9.17) is 14.2 Å². The number of carbonyl (C=O) groups is 2. The van der Waals surface area contributed by atoms with Crippen molar-refractivity contribution >= 4 is 11.9 Å². The summed E-state index contributed by atoms with van der Waals surface area (Å²) in [7, 11) is 1.70. The Labute approximate surface area is 192 Å². The maximum Gasteiger partial charge on any atom is 0.311 e. The Kier molecular flexibility index (Phi) is 7.55. The van der Waals surface area contributed by atoms with Gasteiger partial charge >= 0.3 is 11.9 Å². The smallest absolute Gasteiger partial charge is 0.311 e. The molecule has 1 fully saturated rings. The molecule has 0 bridgehead atoms. The molecule has 7 atom stereocenters. The lowest BCUT2D eigenvalue weighted by Gasteiger charge is -2.46. The molecule has 32 heavy (non-hydrogen) atoms. The minimum absolute atomic E-state index is 0.0686. The van der Waals surface area contributed by atoms with Crippen LogP contribution in [0, 0.1) is 23.2 Å². The zero-order valence-electron chi connectivity index (χ0n) is 20.4. The first-order valence-corrected chi connectivity index (χ1v) is 12.0. The number of ether oxygens (including phenoxy) is 3. The number of aliphatic hydroxyl groups excluding tert-OH is 1. The standard InChI is InChI=1S/C26H40O6/c1-7-25(3,4)24(29)32-21-15-26(5,30-6)14-17-9-8-16(2)20(23(17)21)11-10-19-12-18(27)13-22(28)31-19/h8-9,14,16,18-21,23,27H,7,10-13,15H2,1-6H3/t16-,18+,19+,20?,21-,23-,26-/m0/s1. The fourth-order valence-electron chi connectivity index (χ4n) is 5.22. The van der Waals surface area contributed by atoms with Crippen LogP contribution >= 0.6 is 0 Å². The van der Waals surface area contributed by atoms with Gasteiger partial charge in [0.2, 0.25) is 0 Å². The molecule has 0 saturated carbocycles. The molecule has 0 aromatic rings. The van der Waals surface area contributed by atoms with Crippen LogP contribution in [0.1, 0.15) is 73.1 Å². The molecule has 1 aliphatic heterocycles. The van der Waals surface area contributed by atoms with Crippen molar-refractivity contribution < 1.29 is 28.9 Å². The van der Waals surface area contributed by atoms with Crippen LogP contribution in [0.3, 0.4) is 0 Å². The first-order valence-electron chi connectivity index (χ1n) is 12.0. The molecule has 6 nitrogen and oxygen atoms in total. The summed E-state index contributed by atoms with van der Waals surface area (Å²) >= 11 is 0. The van der Waals surface area contributed by atoms with Gasteiger partial charge in [0.25, 0.3) is 0 Å². The van der Waals surface area contributed by atoms with E-state index in [1.165, 1.54) is 0 Å². The number of methoxy groups -OCH3 is 1. The quantitative estimate of drug-likeness (QED) is 0.583. The first kappa shape index (κ1) is 25.0. The van der Waals surface area contributed by atoms with Crippen molar-refractivity contribution in [3.63, 3.8) is 0 Å². The normalized spacial score (nSPS) is 37.3. The third kappa shape index (κ3) is 5.45. The summed E-state index contributed by atoms with van der Waals surface area (Å²) in [5.74, 6) is 0.115. The average molecular weight is 449 g/mol. The van der Waals surface area contributed by atoms with E-state index in [1.54, 1.807) is 7.11 Å². The predicted octanol–water partition coefficient (Wildman–Crippen LogP) is 4.35. The van der Waals surface area contributed by atoms with Gasteiger partial charge in [-0.1, -0.05) is 26.0 Å². The van der Waals surface area contributed by atoms with Gasteiger partial charge in [0.1, 0.15) is 12.2 Å². The molecule has 180 valence electrons. The van der Waals surface area contributed by atoms with Crippen molar-refractivity contribution in [2.24, 2.45) is 23.2 Å². The zero-order valence-corrected chi connectivity index (χ0v) is 20.4. The minimum Gasteiger partial charge on any atom is -0.462 e. The maximum atomic E-state index is 13.0. The van der Waals surface area contributed by atoms with Gasteiger partial charge in [-0.25, -0.2) is 0 Å². The number of fused-ring (bicyclic) bond motifs is 1. The van der Waals surface area contributed by atoms with Crippen LogP contribution in [-0.2, 0) is 23.8 Å². The highest BCUT2D eigenvalue weighted by molar-refractivity contribution is 5.76. The Morgan fingerprint density at radius 1 is 1.34 bits per heavy atom. The highest BCUT2D eigenvalue weighted by Crippen LogP contribution is 2.47. The number of esters is 2. The second-order valence-electron chi connectivity index (χ2n) is 10.7. The lowest BCUT2D eigenvalue weighted by molar-refractivity contribution is -0.168. The van der Waals surface area contributed by atoms with E-state index in [1.807, 2.05) is 27.7 Å². The van der Waals surface area contributed by atoms with E-state index in [0.717, 1.165) is 12.0 Å². The molecule has 1 N–H and O–H groups in total. The highest BCUT2D eigenvalue weighted by atomic mass is 16.6. The summed E-state index contributed by atoms with van der Waals surface area (Å²) in [5.41, 5.74) is 0.116. The van der Waals surface area contributed by atoms with Gasteiger partial charge in [0, 0.05) is 25.9 Å². The number of cyclic esters (lactones) is 1. The van der Waals surface area contributed by atoms with Gasteiger partial charge in [-0.15, -0.1) is 0 Å². The van der Waals surface area contributed by atoms with E-state index < -0.39 is 17.1 Å². The molecule has 1 saturated heterocycles. The van der Waals surface area contributed by atoms with Gasteiger partial charge in [-0.05, 0) is 63.5 Å². The van der Waals surface area contributed by atoms with Crippen LogP contribution in [0.15, 0.2) is 23.8 Å². The van der Waals surface area contributed by atoms with E-state index in [2.05, 4.69) is 25.2 Å². The second kappa shape index (κ2) is 9.68. The van der Waals surface area contributed by atoms with E-state index in [0.29, 0.717) is 31.6 Å². The fraction of sp³-hybridized carbons (Fsp3) is 0.769. The number of allylic oxidation sites excluding steroid dienone is 2. The monoisotopic (exact) mass is 448 g/mol. The van der Waals surface area contributed by atoms with Gasteiger partial charge in [-0.3, -0.25) is 9.59 Å². The van der Waals surface area contributed by atoms with Crippen LogP contribution in [0.5, 0.6) is 0 Å². The fourth-order valence-corrected chi connectivity index (χ4v) is 5.22. The largest absolute Gasteiger partial charge is 0.462 e. The molecule has 2 aliphatic carbocycles. The van der Waals surface area contributed by atoms with Gasteiger partial charge in [0.15, 0.2) is 0 Å². The summed E-state index contributed by atoms with van der Waals surface area (Å²) in [6, 6.07) is 0. The van der Waals surface area contributed by atoms with E-state index in [-0.39, 0.29) is 42.4 Å². The molecular formula is C26H40O6. The van der Waals surface area contributed by atoms with Crippen molar-refractivity contribution in [1.82, 2.24) is 0 Å². The number of carbonyl (C=O) groups excluding carboxylic acids is 2. The van der Waals surface area contributed by atoms with Crippen molar-refractivity contribution in [3.8, 4) is 0 Å². The third-order valence-electron chi connectivity index (χ3n) is 7.81. The summed E-state index contributed by atoms with van der Waals surface area (Å²) in [6.45, 7) is 10.1. The van der Waals surface area contributed by atoms with Crippen LogP contribution in [-0.4, -0.2) is 48.1 Å². The molecule has 3 aliphatic rings. The Bertz CT molecular complexity index is 768. The number of rotatable bonds is 7. The Balaban J connectivity index is 1.84. The number of hydrogen-bond donors (Lipinski definition) is 1. The number of hydrogen-bond acceptors (Lipinski definition) is 6. The molecule has 0 aromatic heterocycles. The van der Waals surface area contributed by atoms with Crippen LogP contribution < -0.4 is 0 Å². The minimum atomic E-state index is -0.623. The predicted molar refractivity (Wildman–Crippen MR) is 122 cm³/mol. The summed E-state index contributed by atoms with van der Waals surface area (Å²) < 4.78 is 17.5. The summed E-state index contributed by atoms with van der Waals surface area (Å²) in [6.07, 6.45) is 8.78. The van der Waals surface area contributed by atoms with Crippen molar-refractivity contribution in [2.45, 2.75) is 97.1 Å². The lowest BCUT2D eigenvalue weighted by atomic mass is 9.64. The zero-order chi connectivity index (χ0) is 23.7. The summed E-state index contributed by atoms with van der Waals surface area (Å²) in [4.78, 5) is 24.8. The van der Waals surface area contributed by atoms with E-state index >= 15 is 0 Å². The highest BCUT2D eigenvalue weighted by Gasteiger charge is 2.47. The van der Waals surface area contributed by atoms with E-state index in [9.17, 15) is 14.7 Å². The van der Waals surface area contributed by atoms with Crippen LogP contribution in [0.4, 0.5) is 0 Å². The summed E-state index contributed by atoms with van der Waals surface area (Å²) in [5, 5.41) is 9.96. The lowest BCUT2D eigenvalue weighted by Crippen LogP contribution is -2.48. The number of aliphatic hydroxyl groups is 1. The Morgan fingerprint density at radius 3 is 2.69 bits per heavy atom. The van der Waals surface area contributed by atoms with Crippen molar-refractivity contribution in [3.05, 3.63) is 23.8 Å². The molecule has 6 heteroatoms. The molecule has 3 rings (SSSR count). The van der Waals surface area contributed by atoms with Gasteiger partial charge < -0.3 is 19.3 Å². The van der Waals surface area contributed by atoms with Gasteiger partial charge in [0.05, 0.1) is 23.5 Å². The van der Waals surface area contributed by atoms with Crippen LogP contribution in [0.25, 0.3) is 0 Å². The van der Waals surface area contributed by atoms with Crippen molar-refractivity contribution in [2.75, 3.05) is 7.11 Å². The maximum absolute atomic E-state index is 13.0. The molecular weight excluding hydrogens is 408 g/mol. The molecule has 1 unspecified atom stereocenters. The third-order valence-corrected chi connectivity index (χ3v) is 7.81. The SMILES string of the molecule is CCC(C)(C)C(=O)O[C@H]1C[C@@](C)(OC)C=C2C=C[C@H](C)C(CC[C@@H]3C[C@@H](O)CC(=O)O3)[C@H]21. The Hall–Kier alpha value is -1.66. The molecule has 1 heterocycles. The first-order chi connectivity index (χ1) is 15.0. The topological polar surface area (TPSA) is 82.1 Å². The molecule has 0 radical (unpaired) electrons. The Morgan fingerprint density at radius 2 is 2.06 bits per heavy atom. The van der Waals surface area contributed by atoms with Crippen molar-refractivity contribution in [1.29, 1.82) is 0 Å². The molecule has 0 spiro atoms.